The zero-order chi connectivity index (χ0) is 24.1. The molecule has 1 N–H and O–H groups in total. The Morgan fingerprint density at radius 2 is 1.71 bits per heavy atom. The van der Waals surface area contributed by atoms with Crippen molar-refractivity contribution in [3.05, 3.63) is 54.9 Å². The zero-order valence-corrected chi connectivity index (χ0v) is 20.7. The van der Waals surface area contributed by atoms with Crippen LogP contribution in [0.4, 0.5) is 5.82 Å². The fourth-order valence-electron chi connectivity index (χ4n) is 5.10. The van der Waals surface area contributed by atoms with Crippen LogP contribution in [0.25, 0.3) is 44.5 Å². The summed E-state index contributed by atoms with van der Waals surface area (Å²) in [5, 5.41) is 1.08. The number of pyridine rings is 3. The van der Waals surface area contributed by atoms with Crippen LogP contribution in [0.3, 0.4) is 0 Å². The van der Waals surface area contributed by atoms with Crippen molar-refractivity contribution < 1.29 is 0 Å². The van der Waals surface area contributed by atoms with Crippen LogP contribution in [-0.4, -0.2) is 67.6 Å². The molecule has 8 nitrogen and oxygen atoms in total. The Hall–Kier alpha value is -3.78. The molecule has 5 aromatic rings. The molecule has 0 atom stereocenters. The van der Waals surface area contributed by atoms with Crippen molar-refractivity contribution in [2.24, 2.45) is 0 Å². The van der Waals surface area contributed by atoms with Gasteiger partial charge >= 0.3 is 0 Å². The highest BCUT2D eigenvalue weighted by Gasteiger charge is 2.17. The number of aromatic amines is 1. The number of hydrogen-bond acceptors (Lipinski definition) is 6. The molecule has 0 bridgehead atoms. The average Bonchev–Trinajstić information content (AvgIpc) is 3.43. The Morgan fingerprint density at radius 3 is 2.51 bits per heavy atom. The SMILES string of the molecule is Cc1nc2ncc(-c3c[nH]c4ncc(-c5ccnc(N6CCN(C)CC6)c5)cc34)cc2n1C(C)C. The summed E-state index contributed by atoms with van der Waals surface area (Å²) in [4.78, 5) is 26.7. The van der Waals surface area contributed by atoms with E-state index >= 15 is 0 Å². The monoisotopic (exact) mass is 466 g/mol. The fourth-order valence-corrected chi connectivity index (χ4v) is 5.10. The Morgan fingerprint density at radius 1 is 0.914 bits per heavy atom. The molecular formula is C27H30N8. The standard InChI is InChI=1S/C27H30N8/c1-17(2)35-18(3)32-27-24(35)12-21(15-30-27)23-16-31-26-22(23)11-20(14-29-26)19-5-6-28-25(13-19)34-9-7-33(4)8-10-34/h5-6,11-17H,7-10H2,1-4H3,(H,29,31). The first kappa shape index (κ1) is 21.7. The summed E-state index contributed by atoms with van der Waals surface area (Å²) in [5.74, 6) is 2.01. The quantitative estimate of drug-likeness (QED) is 0.414. The Labute approximate surface area is 204 Å². The van der Waals surface area contributed by atoms with Crippen LogP contribution in [0.2, 0.25) is 0 Å². The van der Waals surface area contributed by atoms with E-state index in [1.54, 1.807) is 0 Å². The highest BCUT2D eigenvalue weighted by molar-refractivity contribution is 5.97. The first-order chi connectivity index (χ1) is 17.0. The highest BCUT2D eigenvalue weighted by atomic mass is 15.3. The minimum atomic E-state index is 0.314. The summed E-state index contributed by atoms with van der Waals surface area (Å²) in [6.45, 7) is 10.5. The lowest BCUT2D eigenvalue weighted by atomic mass is 10.0. The van der Waals surface area contributed by atoms with Crippen LogP contribution in [0.1, 0.15) is 25.7 Å². The van der Waals surface area contributed by atoms with Crippen molar-refractivity contribution >= 4 is 28.0 Å². The number of H-pyrrole nitrogens is 1. The molecular weight excluding hydrogens is 436 g/mol. The molecule has 0 amide bonds. The molecule has 35 heavy (non-hydrogen) atoms. The minimum Gasteiger partial charge on any atom is -0.354 e. The van der Waals surface area contributed by atoms with E-state index in [1.807, 2.05) is 31.7 Å². The average molecular weight is 467 g/mol. The van der Waals surface area contributed by atoms with Crippen molar-refractivity contribution in [1.29, 1.82) is 0 Å². The molecule has 0 spiro atoms. The van der Waals surface area contributed by atoms with Gasteiger partial charge in [0.2, 0.25) is 0 Å². The van der Waals surface area contributed by atoms with E-state index in [1.165, 1.54) is 0 Å². The Kier molecular flexibility index (Phi) is 5.25. The maximum atomic E-state index is 4.73. The summed E-state index contributed by atoms with van der Waals surface area (Å²) in [7, 11) is 2.17. The van der Waals surface area contributed by atoms with Gasteiger partial charge in [0.15, 0.2) is 5.65 Å². The highest BCUT2D eigenvalue weighted by Crippen LogP contribution is 2.33. The van der Waals surface area contributed by atoms with Crippen LogP contribution in [0.5, 0.6) is 0 Å². The van der Waals surface area contributed by atoms with E-state index in [9.17, 15) is 0 Å². The normalized spacial score (nSPS) is 15.1. The smallest absolute Gasteiger partial charge is 0.177 e. The first-order valence-corrected chi connectivity index (χ1v) is 12.2. The fraction of sp³-hybridized carbons (Fsp3) is 0.333. The predicted octanol–water partition coefficient (Wildman–Crippen LogP) is 4.68. The number of piperazine rings is 1. The lowest BCUT2D eigenvalue weighted by Crippen LogP contribution is -2.44. The molecule has 6 heterocycles. The molecule has 1 aliphatic heterocycles. The van der Waals surface area contributed by atoms with Crippen molar-refractivity contribution in [3.8, 4) is 22.3 Å². The third-order valence-corrected chi connectivity index (χ3v) is 6.99. The predicted molar refractivity (Wildman–Crippen MR) is 141 cm³/mol. The number of anilines is 1. The maximum absolute atomic E-state index is 4.73. The van der Waals surface area contributed by atoms with Gasteiger partial charge < -0.3 is 19.4 Å². The molecule has 0 radical (unpaired) electrons. The number of rotatable bonds is 4. The number of imidazole rings is 1. The third kappa shape index (κ3) is 3.83. The van der Waals surface area contributed by atoms with Crippen LogP contribution >= 0.6 is 0 Å². The second-order valence-electron chi connectivity index (χ2n) is 9.71. The molecule has 1 saturated heterocycles. The Bertz CT molecular complexity index is 1520. The van der Waals surface area contributed by atoms with Gasteiger partial charge in [-0.15, -0.1) is 0 Å². The molecule has 1 aliphatic rings. The summed E-state index contributed by atoms with van der Waals surface area (Å²) in [5.41, 5.74) is 7.05. The Balaban J connectivity index is 1.40. The van der Waals surface area contributed by atoms with Crippen LogP contribution < -0.4 is 4.90 Å². The van der Waals surface area contributed by atoms with Crippen LogP contribution in [0.15, 0.2) is 49.1 Å². The van der Waals surface area contributed by atoms with Gasteiger partial charge in [-0.1, -0.05) is 0 Å². The van der Waals surface area contributed by atoms with Gasteiger partial charge in [0.25, 0.3) is 0 Å². The molecule has 178 valence electrons. The number of likely N-dealkylation sites (N-methyl/N-ethyl adjacent to an activating group) is 1. The van der Waals surface area contributed by atoms with Crippen molar-refractivity contribution in [3.63, 3.8) is 0 Å². The van der Waals surface area contributed by atoms with Crippen LogP contribution in [-0.2, 0) is 0 Å². The third-order valence-electron chi connectivity index (χ3n) is 6.99. The summed E-state index contributed by atoms with van der Waals surface area (Å²) in [6.07, 6.45) is 7.77. The molecule has 8 heteroatoms. The molecule has 6 rings (SSSR count). The van der Waals surface area contributed by atoms with E-state index in [2.05, 4.69) is 79.5 Å². The van der Waals surface area contributed by atoms with Gasteiger partial charge in [-0.05, 0) is 57.6 Å². The van der Waals surface area contributed by atoms with E-state index in [0.717, 1.165) is 82.3 Å². The molecule has 0 saturated carbocycles. The second-order valence-corrected chi connectivity index (χ2v) is 9.71. The maximum Gasteiger partial charge on any atom is 0.177 e. The number of hydrogen-bond donors (Lipinski definition) is 1. The van der Waals surface area contributed by atoms with Crippen molar-refractivity contribution in [2.45, 2.75) is 26.8 Å². The first-order valence-electron chi connectivity index (χ1n) is 12.2. The van der Waals surface area contributed by atoms with Crippen LogP contribution in [0, 0.1) is 6.92 Å². The summed E-state index contributed by atoms with van der Waals surface area (Å²) in [6, 6.07) is 8.96. The van der Waals surface area contributed by atoms with Gasteiger partial charge in [-0.3, -0.25) is 0 Å². The molecule has 0 unspecified atom stereocenters. The lowest BCUT2D eigenvalue weighted by Gasteiger charge is -2.33. The summed E-state index contributed by atoms with van der Waals surface area (Å²) < 4.78 is 2.24. The molecule has 5 aromatic heterocycles. The zero-order valence-electron chi connectivity index (χ0n) is 20.7. The number of nitrogens with one attached hydrogen (secondary N) is 1. The van der Waals surface area contributed by atoms with Gasteiger partial charge in [0.05, 0.1) is 5.52 Å². The number of aryl methyl sites for hydroxylation is 1. The van der Waals surface area contributed by atoms with Gasteiger partial charge in [-0.2, -0.15) is 0 Å². The number of nitrogens with zero attached hydrogens (tertiary/aromatic N) is 7. The van der Waals surface area contributed by atoms with Crippen molar-refractivity contribution in [2.75, 3.05) is 38.1 Å². The van der Waals surface area contributed by atoms with E-state index in [4.69, 9.17) is 4.98 Å². The van der Waals surface area contributed by atoms with Gasteiger partial charge in [0, 0.05) is 79.1 Å². The van der Waals surface area contributed by atoms with E-state index in [-0.39, 0.29) is 0 Å². The molecule has 1 fully saturated rings. The van der Waals surface area contributed by atoms with Gasteiger partial charge in [-0.25, -0.2) is 19.9 Å². The molecule has 0 aromatic carbocycles. The lowest BCUT2D eigenvalue weighted by molar-refractivity contribution is 0.312. The largest absolute Gasteiger partial charge is 0.354 e. The van der Waals surface area contributed by atoms with E-state index < -0.39 is 0 Å². The number of aromatic nitrogens is 6. The van der Waals surface area contributed by atoms with Gasteiger partial charge in [0.1, 0.15) is 17.3 Å². The molecule has 0 aliphatic carbocycles. The topological polar surface area (TPSA) is 78.8 Å². The minimum absolute atomic E-state index is 0.314. The van der Waals surface area contributed by atoms with E-state index in [0.29, 0.717) is 6.04 Å². The number of fused-ring (bicyclic) bond motifs is 2. The summed E-state index contributed by atoms with van der Waals surface area (Å²) >= 11 is 0. The second kappa shape index (κ2) is 8.46. The van der Waals surface area contributed by atoms with Crippen molar-refractivity contribution in [1.82, 2.24) is 34.4 Å².